The van der Waals surface area contributed by atoms with Crippen molar-refractivity contribution in [2.45, 2.75) is 45.6 Å². The van der Waals surface area contributed by atoms with Crippen LogP contribution >= 0.6 is 0 Å². The predicted octanol–water partition coefficient (Wildman–Crippen LogP) is 3.59. The van der Waals surface area contributed by atoms with Crippen LogP contribution in [0.5, 0.6) is 0 Å². The highest BCUT2D eigenvalue weighted by Gasteiger charge is 2.23. The van der Waals surface area contributed by atoms with Gasteiger partial charge < -0.3 is 10.3 Å². The molecule has 3 rings (SSSR count). The Labute approximate surface area is 114 Å². The van der Waals surface area contributed by atoms with Crippen molar-refractivity contribution in [3.8, 4) is 11.3 Å². The maximum absolute atomic E-state index is 6.23. The first-order valence-corrected chi connectivity index (χ1v) is 7.19. The van der Waals surface area contributed by atoms with Crippen LogP contribution in [-0.2, 0) is 13.0 Å². The fourth-order valence-electron chi connectivity index (χ4n) is 2.68. The van der Waals surface area contributed by atoms with Gasteiger partial charge in [0.25, 0.3) is 0 Å². The number of nitrogen functional groups attached to an aromatic ring is 1. The van der Waals surface area contributed by atoms with E-state index in [4.69, 9.17) is 10.7 Å². The van der Waals surface area contributed by atoms with Gasteiger partial charge in [-0.05, 0) is 31.2 Å². The van der Waals surface area contributed by atoms with Crippen LogP contribution in [-0.4, -0.2) is 9.55 Å². The summed E-state index contributed by atoms with van der Waals surface area (Å²) in [6.45, 7) is 5.10. The molecule has 1 heterocycles. The number of imidazole rings is 1. The number of benzene rings is 1. The Morgan fingerprint density at radius 1 is 1.21 bits per heavy atom. The molecule has 1 aromatic carbocycles. The van der Waals surface area contributed by atoms with Crippen molar-refractivity contribution < 1.29 is 0 Å². The van der Waals surface area contributed by atoms with Crippen LogP contribution in [0.3, 0.4) is 0 Å². The summed E-state index contributed by atoms with van der Waals surface area (Å²) in [5, 5.41) is 0. The molecular weight excluding hydrogens is 234 g/mol. The smallest absolute Gasteiger partial charge is 0.131 e. The second-order valence-corrected chi connectivity index (χ2v) is 5.26. The van der Waals surface area contributed by atoms with E-state index in [0.717, 1.165) is 41.8 Å². The van der Waals surface area contributed by atoms with E-state index in [9.17, 15) is 0 Å². The quantitative estimate of drug-likeness (QED) is 0.907. The Kier molecular flexibility index (Phi) is 3.05. The van der Waals surface area contributed by atoms with Crippen molar-refractivity contribution in [3.63, 3.8) is 0 Å². The van der Waals surface area contributed by atoms with Gasteiger partial charge in [-0.15, -0.1) is 0 Å². The molecule has 1 aliphatic carbocycles. The minimum atomic E-state index is 0.790. The summed E-state index contributed by atoms with van der Waals surface area (Å²) in [7, 11) is 0. The monoisotopic (exact) mass is 255 g/mol. The summed E-state index contributed by atoms with van der Waals surface area (Å²) >= 11 is 0. The zero-order valence-corrected chi connectivity index (χ0v) is 11.7. The molecule has 2 N–H and O–H groups in total. The standard InChI is InChI=1S/C16H21N3/c1-3-14-18-15(16(17)19(14)4-2)13-9-7-12(8-10-13)11-5-6-11/h7-11H,3-6,17H2,1-2H3. The second kappa shape index (κ2) is 4.72. The number of rotatable bonds is 4. The summed E-state index contributed by atoms with van der Waals surface area (Å²) in [5.74, 6) is 2.66. The molecule has 0 bridgehead atoms. The number of hydrogen-bond acceptors (Lipinski definition) is 2. The molecule has 0 saturated heterocycles. The SMILES string of the molecule is CCc1nc(-c2ccc(C3CC3)cc2)c(N)n1CC. The van der Waals surface area contributed by atoms with Crippen molar-refractivity contribution in [1.29, 1.82) is 0 Å². The lowest BCUT2D eigenvalue weighted by Gasteiger charge is -2.05. The highest BCUT2D eigenvalue weighted by atomic mass is 15.1. The molecule has 0 amide bonds. The van der Waals surface area contributed by atoms with Gasteiger partial charge in [0, 0.05) is 18.5 Å². The molecular formula is C16H21N3. The van der Waals surface area contributed by atoms with Crippen molar-refractivity contribution in [2.75, 3.05) is 5.73 Å². The summed E-state index contributed by atoms with van der Waals surface area (Å²) in [6.07, 6.45) is 3.59. The molecule has 3 heteroatoms. The number of aryl methyl sites for hydroxylation is 1. The van der Waals surface area contributed by atoms with Gasteiger partial charge >= 0.3 is 0 Å². The fourth-order valence-corrected chi connectivity index (χ4v) is 2.68. The molecule has 2 aromatic rings. The molecule has 0 atom stereocenters. The van der Waals surface area contributed by atoms with Gasteiger partial charge in [0.2, 0.25) is 0 Å². The van der Waals surface area contributed by atoms with E-state index in [-0.39, 0.29) is 0 Å². The Hall–Kier alpha value is -1.77. The third kappa shape index (κ3) is 2.14. The molecule has 100 valence electrons. The third-order valence-electron chi connectivity index (χ3n) is 3.95. The van der Waals surface area contributed by atoms with E-state index < -0.39 is 0 Å². The zero-order chi connectivity index (χ0) is 13.4. The molecule has 1 fully saturated rings. The van der Waals surface area contributed by atoms with E-state index >= 15 is 0 Å². The van der Waals surface area contributed by atoms with Crippen molar-refractivity contribution in [3.05, 3.63) is 35.7 Å². The number of aromatic nitrogens is 2. The van der Waals surface area contributed by atoms with E-state index in [1.54, 1.807) is 0 Å². The Morgan fingerprint density at radius 3 is 2.37 bits per heavy atom. The van der Waals surface area contributed by atoms with Crippen molar-refractivity contribution >= 4 is 5.82 Å². The number of nitrogens with zero attached hydrogens (tertiary/aromatic N) is 2. The van der Waals surface area contributed by atoms with Crippen LogP contribution in [0.1, 0.15) is 44.0 Å². The summed E-state index contributed by atoms with van der Waals surface area (Å²) in [4.78, 5) is 4.70. The number of nitrogens with two attached hydrogens (primary N) is 1. The summed E-state index contributed by atoms with van der Waals surface area (Å²) in [5.41, 5.74) is 9.74. The zero-order valence-electron chi connectivity index (χ0n) is 11.7. The molecule has 1 saturated carbocycles. The van der Waals surface area contributed by atoms with Crippen LogP contribution in [0.25, 0.3) is 11.3 Å². The molecule has 0 unspecified atom stereocenters. The predicted molar refractivity (Wildman–Crippen MR) is 79.1 cm³/mol. The lowest BCUT2D eigenvalue weighted by Crippen LogP contribution is -2.04. The molecule has 1 aromatic heterocycles. The normalized spacial score (nSPS) is 14.8. The van der Waals surface area contributed by atoms with Crippen LogP contribution in [0, 0.1) is 0 Å². The molecule has 19 heavy (non-hydrogen) atoms. The Bertz CT molecular complexity index is 577. The van der Waals surface area contributed by atoms with E-state index in [1.165, 1.54) is 18.4 Å². The van der Waals surface area contributed by atoms with E-state index in [0.29, 0.717) is 0 Å². The van der Waals surface area contributed by atoms with Crippen molar-refractivity contribution in [1.82, 2.24) is 9.55 Å². The molecule has 0 aliphatic heterocycles. The summed E-state index contributed by atoms with van der Waals surface area (Å²) in [6, 6.07) is 8.77. The number of anilines is 1. The average Bonchev–Trinajstić information content (AvgIpc) is 3.23. The second-order valence-electron chi connectivity index (χ2n) is 5.26. The summed E-state index contributed by atoms with van der Waals surface area (Å²) < 4.78 is 2.10. The molecule has 1 aliphatic rings. The number of hydrogen-bond donors (Lipinski definition) is 1. The van der Waals surface area contributed by atoms with Crippen LogP contribution < -0.4 is 5.73 Å². The van der Waals surface area contributed by atoms with E-state index in [1.807, 2.05) is 0 Å². The minimum absolute atomic E-state index is 0.790. The molecule has 0 spiro atoms. The first kappa shape index (κ1) is 12.3. The van der Waals surface area contributed by atoms with Crippen molar-refractivity contribution in [2.24, 2.45) is 0 Å². The maximum Gasteiger partial charge on any atom is 0.131 e. The van der Waals surface area contributed by atoms with Gasteiger partial charge in [0.05, 0.1) is 0 Å². The van der Waals surface area contributed by atoms with Gasteiger partial charge in [-0.1, -0.05) is 31.2 Å². The van der Waals surface area contributed by atoms with Gasteiger partial charge in [-0.3, -0.25) is 0 Å². The van der Waals surface area contributed by atoms with Gasteiger partial charge in [0.15, 0.2) is 0 Å². The lowest BCUT2D eigenvalue weighted by atomic mass is 10.1. The topological polar surface area (TPSA) is 43.8 Å². The minimum Gasteiger partial charge on any atom is -0.383 e. The fraction of sp³-hybridized carbons (Fsp3) is 0.438. The van der Waals surface area contributed by atoms with Gasteiger partial charge in [-0.2, -0.15) is 0 Å². The molecule has 0 radical (unpaired) electrons. The third-order valence-corrected chi connectivity index (χ3v) is 3.95. The Balaban J connectivity index is 1.98. The van der Waals surface area contributed by atoms with Gasteiger partial charge in [-0.25, -0.2) is 4.98 Å². The molecule has 3 nitrogen and oxygen atoms in total. The first-order valence-electron chi connectivity index (χ1n) is 7.19. The van der Waals surface area contributed by atoms with Crippen LogP contribution in [0.4, 0.5) is 5.82 Å². The first-order chi connectivity index (χ1) is 9.24. The average molecular weight is 255 g/mol. The lowest BCUT2D eigenvalue weighted by molar-refractivity contribution is 0.713. The largest absolute Gasteiger partial charge is 0.383 e. The van der Waals surface area contributed by atoms with Crippen LogP contribution in [0.2, 0.25) is 0 Å². The highest BCUT2D eigenvalue weighted by molar-refractivity contribution is 5.71. The van der Waals surface area contributed by atoms with Gasteiger partial charge in [0.1, 0.15) is 17.3 Å². The van der Waals surface area contributed by atoms with E-state index in [2.05, 4.69) is 42.7 Å². The highest BCUT2D eigenvalue weighted by Crippen LogP contribution is 2.40. The van der Waals surface area contributed by atoms with Crippen LogP contribution in [0.15, 0.2) is 24.3 Å². The Morgan fingerprint density at radius 2 is 1.89 bits per heavy atom. The maximum atomic E-state index is 6.23.